The quantitative estimate of drug-likeness (QED) is 0.312. The number of rotatable bonds is 8. The lowest BCUT2D eigenvalue weighted by atomic mass is 9.84. The zero-order chi connectivity index (χ0) is 24.8. The third-order valence-corrected chi connectivity index (χ3v) is 5.36. The van der Waals surface area contributed by atoms with Crippen LogP contribution in [0.3, 0.4) is 0 Å². The van der Waals surface area contributed by atoms with Gasteiger partial charge in [0.2, 0.25) is 0 Å². The summed E-state index contributed by atoms with van der Waals surface area (Å²) in [7, 11) is 3.35. The molecule has 32 heavy (non-hydrogen) atoms. The Morgan fingerprint density at radius 1 is 1.06 bits per heavy atom. The maximum Gasteiger partial charge on any atom is 0.0715 e. The second kappa shape index (κ2) is 21.9. The van der Waals surface area contributed by atoms with E-state index in [1.165, 1.54) is 56.1 Å². The largest absolute Gasteiger partial charge is 0.380 e. The fourth-order valence-electron chi connectivity index (χ4n) is 3.71. The maximum atomic E-state index is 5.01. The number of ether oxygens (including phenoxy) is 1. The van der Waals surface area contributed by atoms with E-state index in [-0.39, 0.29) is 6.97 Å². The highest BCUT2D eigenvalue weighted by molar-refractivity contribution is 5.24. The van der Waals surface area contributed by atoms with Crippen LogP contribution >= 0.6 is 0 Å². The predicted molar refractivity (Wildman–Crippen MR) is 144 cm³/mol. The van der Waals surface area contributed by atoms with Crippen LogP contribution in [0.4, 0.5) is 0 Å². The summed E-state index contributed by atoms with van der Waals surface area (Å²) in [5, 5.41) is 3.69. The van der Waals surface area contributed by atoms with Gasteiger partial charge in [0.1, 0.15) is 0 Å². The van der Waals surface area contributed by atoms with E-state index >= 15 is 0 Å². The summed E-state index contributed by atoms with van der Waals surface area (Å²) in [4.78, 5) is 4.59. The average Bonchev–Trinajstić information content (AvgIpc) is 2.78. The molecule has 1 fully saturated rings. The first-order chi connectivity index (χ1) is 15.2. The Kier molecular flexibility index (Phi) is 22.7. The van der Waals surface area contributed by atoms with Gasteiger partial charge in [-0.1, -0.05) is 70.7 Å². The summed E-state index contributed by atoms with van der Waals surface area (Å²) >= 11 is 0. The molecule has 4 heteroatoms. The van der Waals surface area contributed by atoms with E-state index in [0.29, 0.717) is 12.6 Å². The molecule has 4 nitrogen and oxygen atoms in total. The van der Waals surface area contributed by atoms with Crippen LogP contribution in [0.1, 0.15) is 106 Å². The molecular weight excluding hydrogens is 396 g/mol. The normalized spacial score (nSPS) is 14.7. The summed E-state index contributed by atoms with van der Waals surface area (Å²) in [5.74, 6) is 0.924. The molecule has 1 atom stereocenters. The van der Waals surface area contributed by atoms with Crippen LogP contribution in [0.25, 0.3) is 0 Å². The third kappa shape index (κ3) is 19.7. The molecule has 1 aromatic rings. The molecule has 2 N–H and O–H groups in total. The first-order valence-electron chi connectivity index (χ1n) is 12.8. The van der Waals surface area contributed by atoms with Gasteiger partial charge in [-0.05, 0) is 70.9 Å². The Morgan fingerprint density at radius 2 is 1.66 bits per heavy atom. The molecular formula is C28H58N2O2. The predicted octanol–water partition coefficient (Wildman–Crippen LogP) is 7.69. The molecule has 0 amide bonds. The minimum Gasteiger partial charge on any atom is -0.380 e. The molecule has 192 valence electrons. The SMILES string of the molecule is CC.CC(NC(C)(C)C)C1CCCCC1.CCCCNOC.COCc1ccccc1C.[HH]. The van der Waals surface area contributed by atoms with E-state index in [9.17, 15) is 0 Å². The van der Waals surface area contributed by atoms with Gasteiger partial charge >= 0.3 is 0 Å². The Hall–Kier alpha value is -0.940. The van der Waals surface area contributed by atoms with Gasteiger partial charge in [-0.3, -0.25) is 0 Å². The van der Waals surface area contributed by atoms with Crippen molar-refractivity contribution in [2.75, 3.05) is 20.8 Å². The molecule has 0 radical (unpaired) electrons. The van der Waals surface area contributed by atoms with Crippen molar-refractivity contribution in [3.63, 3.8) is 0 Å². The molecule has 1 saturated carbocycles. The molecule has 0 heterocycles. The van der Waals surface area contributed by atoms with Crippen molar-refractivity contribution in [1.29, 1.82) is 0 Å². The third-order valence-electron chi connectivity index (χ3n) is 5.36. The maximum absolute atomic E-state index is 5.01. The molecule has 1 aliphatic carbocycles. The van der Waals surface area contributed by atoms with Gasteiger partial charge in [-0.15, -0.1) is 0 Å². The van der Waals surface area contributed by atoms with Crippen LogP contribution in [0.5, 0.6) is 0 Å². The second-order valence-corrected chi connectivity index (χ2v) is 9.39. The Morgan fingerprint density at radius 3 is 2.12 bits per heavy atom. The number of unbranched alkanes of at least 4 members (excludes halogenated alkanes) is 1. The Balaban J connectivity index is -0.000000404. The van der Waals surface area contributed by atoms with Crippen molar-refractivity contribution in [3.8, 4) is 0 Å². The van der Waals surface area contributed by atoms with E-state index in [1.807, 2.05) is 26.0 Å². The second-order valence-electron chi connectivity index (χ2n) is 9.39. The summed E-state index contributed by atoms with van der Waals surface area (Å²) in [6.07, 6.45) is 9.62. The number of aryl methyl sites for hydroxylation is 1. The first-order valence-corrected chi connectivity index (χ1v) is 12.8. The van der Waals surface area contributed by atoms with E-state index in [1.54, 1.807) is 14.2 Å². The van der Waals surface area contributed by atoms with Crippen LogP contribution in [0.15, 0.2) is 24.3 Å². The molecule has 2 rings (SSSR count). The standard InChI is InChI=1S/C12H25N.C9H12O.C5H13NO.C2H6.H2/c1-10(13-12(2,3)4)11-8-6-5-7-9-11;1-8-5-3-4-6-9(8)7-10-2;1-3-4-5-6-7-2;1-2;/h10-11,13H,5-9H2,1-4H3;3-6H,7H2,1-2H3;6H,3-5H2,1-2H3;1-2H3;1H. The molecule has 0 saturated heterocycles. The zero-order valence-electron chi connectivity index (χ0n) is 23.1. The van der Waals surface area contributed by atoms with Gasteiger partial charge in [0.15, 0.2) is 0 Å². The van der Waals surface area contributed by atoms with E-state index in [0.717, 1.165) is 12.5 Å². The van der Waals surface area contributed by atoms with Gasteiger partial charge in [-0.25, -0.2) is 5.48 Å². The van der Waals surface area contributed by atoms with Gasteiger partial charge in [-0.2, -0.15) is 0 Å². The van der Waals surface area contributed by atoms with E-state index in [4.69, 9.17) is 4.74 Å². The molecule has 0 bridgehead atoms. The summed E-state index contributed by atoms with van der Waals surface area (Å²) in [5.41, 5.74) is 5.59. The molecule has 0 spiro atoms. The molecule has 1 aliphatic rings. The average molecular weight is 455 g/mol. The first kappa shape index (κ1) is 33.2. The fourth-order valence-corrected chi connectivity index (χ4v) is 3.71. The summed E-state index contributed by atoms with van der Waals surface area (Å²) in [6.45, 7) is 19.0. The van der Waals surface area contributed by atoms with Crippen LogP contribution in [0.2, 0.25) is 0 Å². The zero-order valence-corrected chi connectivity index (χ0v) is 23.1. The van der Waals surface area contributed by atoms with Gasteiger partial charge < -0.3 is 14.9 Å². The van der Waals surface area contributed by atoms with Gasteiger partial charge in [0, 0.05) is 26.7 Å². The lowest BCUT2D eigenvalue weighted by Gasteiger charge is -2.33. The number of nitrogens with one attached hydrogen (secondary N) is 2. The fraction of sp³-hybridized carbons (Fsp3) is 0.786. The van der Waals surface area contributed by atoms with E-state index in [2.05, 4.69) is 69.3 Å². The molecule has 1 aromatic carbocycles. The van der Waals surface area contributed by atoms with Crippen molar-refractivity contribution in [1.82, 2.24) is 10.8 Å². The number of methoxy groups -OCH3 is 1. The number of benzene rings is 1. The van der Waals surface area contributed by atoms with Crippen LogP contribution in [-0.4, -0.2) is 32.3 Å². The minimum atomic E-state index is 0. The lowest BCUT2D eigenvalue weighted by molar-refractivity contribution is 0.0909. The monoisotopic (exact) mass is 454 g/mol. The number of hydrogen-bond acceptors (Lipinski definition) is 4. The summed E-state index contributed by atoms with van der Waals surface area (Å²) < 4.78 is 5.01. The Labute approximate surface area is 202 Å². The minimum absolute atomic E-state index is 0. The van der Waals surface area contributed by atoms with Crippen LogP contribution in [0, 0.1) is 12.8 Å². The number of hydroxylamine groups is 1. The van der Waals surface area contributed by atoms with Crippen molar-refractivity contribution >= 4 is 0 Å². The molecule has 0 aromatic heterocycles. The molecule has 0 aliphatic heterocycles. The van der Waals surface area contributed by atoms with Gasteiger partial charge in [0.25, 0.3) is 0 Å². The van der Waals surface area contributed by atoms with Crippen LogP contribution in [-0.2, 0) is 16.2 Å². The highest BCUT2D eigenvalue weighted by atomic mass is 16.6. The highest BCUT2D eigenvalue weighted by Gasteiger charge is 2.23. The lowest BCUT2D eigenvalue weighted by Crippen LogP contribution is -2.46. The van der Waals surface area contributed by atoms with Crippen molar-refractivity contribution < 1.29 is 11.0 Å². The van der Waals surface area contributed by atoms with Crippen molar-refractivity contribution in [2.24, 2.45) is 5.92 Å². The van der Waals surface area contributed by atoms with Crippen molar-refractivity contribution in [2.45, 2.75) is 119 Å². The Bertz CT molecular complexity index is 511. The highest BCUT2D eigenvalue weighted by Crippen LogP contribution is 2.27. The smallest absolute Gasteiger partial charge is 0.0715 e. The number of hydrogen-bond donors (Lipinski definition) is 2. The molecule has 1 unspecified atom stereocenters. The van der Waals surface area contributed by atoms with Crippen LogP contribution < -0.4 is 10.8 Å². The van der Waals surface area contributed by atoms with Gasteiger partial charge in [0.05, 0.1) is 13.7 Å². The van der Waals surface area contributed by atoms with Crippen molar-refractivity contribution in [3.05, 3.63) is 35.4 Å². The van der Waals surface area contributed by atoms with E-state index < -0.39 is 0 Å². The topological polar surface area (TPSA) is 42.5 Å². The summed E-state index contributed by atoms with van der Waals surface area (Å²) in [6, 6.07) is 8.93.